The number of rotatable bonds is 4. The molecule has 2 aromatic rings. The summed E-state index contributed by atoms with van der Waals surface area (Å²) >= 11 is 0. The van der Waals surface area contributed by atoms with E-state index in [0.29, 0.717) is 49.6 Å². The molecule has 4 heterocycles. The van der Waals surface area contributed by atoms with Gasteiger partial charge in [-0.05, 0) is 45.6 Å². The Bertz CT molecular complexity index is 1280. The summed E-state index contributed by atoms with van der Waals surface area (Å²) in [6, 6.07) is 3.53. The molecule has 0 radical (unpaired) electrons. The molecule has 2 fully saturated rings. The van der Waals surface area contributed by atoms with Gasteiger partial charge in [-0.15, -0.1) is 0 Å². The number of carbonyl (C=O) groups is 3. The quantitative estimate of drug-likeness (QED) is 0.635. The Morgan fingerprint density at radius 3 is 2.55 bits per heavy atom. The van der Waals surface area contributed by atoms with Crippen molar-refractivity contribution in [2.24, 2.45) is 5.92 Å². The first-order valence-electron chi connectivity index (χ1n) is 12.9. The van der Waals surface area contributed by atoms with Gasteiger partial charge in [-0.2, -0.15) is 5.26 Å². The van der Waals surface area contributed by atoms with Crippen molar-refractivity contribution in [3.8, 4) is 6.07 Å². The summed E-state index contributed by atoms with van der Waals surface area (Å²) in [6.45, 7) is 9.46. The van der Waals surface area contributed by atoms with Gasteiger partial charge in [0.05, 0.1) is 17.5 Å². The maximum atomic E-state index is 12.6. The fraction of sp³-hybridized carbons (Fsp3) is 0.615. The van der Waals surface area contributed by atoms with Gasteiger partial charge in [-0.3, -0.25) is 4.79 Å². The zero-order chi connectivity index (χ0) is 27.8. The summed E-state index contributed by atoms with van der Waals surface area (Å²) in [5.41, 5.74) is -0.331. The minimum atomic E-state index is -1.15. The van der Waals surface area contributed by atoms with E-state index in [9.17, 15) is 19.5 Å². The van der Waals surface area contributed by atoms with Gasteiger partial charge in [-0.25, -0.2) is 24.1 Å². The van der Waals surface area contributed by atoms with Crippen LogP contribution in [0.15, 0.2) is 12.3 Å². The smallest absolute Gasteiger partial charge is 0.417 e. The summed E-state index contributed by atoms with van der Waals surface area (Å²) in [5, 5.41) is 19.3. The monoisotopic (exact) mass is 525 g/mol. The van der Waals surface area contributed by atoms with Crippen LogP contribution in [0.4, 0.5) is 15.4 Å². The molecule has 0 spiro atoms. The van der Waals surface area contributed by atoms with Gasteiger partial charge in [0, 0.05) is 45.3 Å². The van der Waals surface area contributed by atoms with E-state index in [1.54, 1.807) is 15.9 Å². The molecule has 0 aromatic carbocycles. The average molecular weight is 526 g/mol. The van der Waals surface area contributed by atoms with E-state index in [-0.39, 0.29) is 35.9 Å². The Hall–Kier alpha value is -3.88. The number of hydrogen-bond donors (Lipinski definition) is 1. The fourth-order valence-corrected chi connectivity index (χ4v) is 5.20. The number of carbonyl (C=O) groups excluding carboxylic acids is 2. The van der Waals surface area contributed by atoms with Crippen LogP contribution in [0.3, 0.4) is 0 Å². The first kappa shape index (κ1) is 27.2. The zero-order valence-electron chi connectivity index (χ0n) is 22.5. The van der Waals surface area contributed by atoms with Gasteiger partial charge in [0.25, 0.3) is 0 Å². The lowest BCUT2D eigenvalue weighted by atomic mass is 9.92. The summed E-state index contributed by atoms with van der Waals surface area (Å²) < 4.78 is 6.59. The molecule has 0 bridgehead atoms. The maximum Gasteiger partial charge on any atom is 0.417 e. The molecule has 204 valence electrons. The number of hydrogen-bond acceptors (Lipinski definition) is 8. The Kier molecular flexibility index (Phi) is 7.49. The topological polar surface area (TPSA) is 145 Å². The molecule has 1 unspecified atom stereocenters. The van der Waals surface area contributed by atoms with E-state index in [1.165, 1.54) is 6.20 Å². The van der Waals surface area contributed by atoms with Crippen molar-refractivity contribution in [3.63, 3.8) is 0 Å². The molecule has 2 aliphatic heterocycles. The molecule has 1 N–H and O–H groups in total. The van der Waals surface area contributed by atoms with Gasteiger partial charge in [-0.1, -0.05) is 6.92 Å². The Labute approximate surface area is 221 Å². The van der Waals surface area contributed by atoms with Crippen LogP contribution < -0.4 is 4.90 Å². The highest BCUT2D eigenvalue weighted by molar-refractivity contribution is 5.93. The summed E-state index contributed by atoms with van der Waals surface area (Å²) in [7, 11) is 1.89. The second-order valence-electron chi connectivity index (χ2n) is 11.1. The van der Waals surface area contributed by atoms with Crippen molar-refractivity contribution in [3.05, 3.63) is 18.1 Å². The predicted octanol–water partition coefficient (Wildman–Crippen LogP) is 3.27. The first-order chi connectivity index (χ1) is 17.9. The lowest BCUT2D eigenvalue weighted by Crippen LogP contribution is -2.52. The Balaban J connectivity index is 1.68. The van der Waals surface area contributed by atoms with Gasteiger partial charge in [0.1, 0.15) is 23.7 Å². The van der Waals surface area contributed by atoms with Crippen LogP contribution in [0.2, 0.25) is 0 Å². The molecule has 38 heavy (non-hydrogen) atoms. The molecule has 3 atom stereocenters. The highest BCUT2D eigenvalue weighted by Crippen LogP contribution is 2.34. The van der Waals surface area contributed by atoms with Gasteiger partial charge in [0.15, 0.2) is 5.65 Å². The molecule has 2 amide bonds. The largest absolute Gasteiger partial charge is 0.464 e. The highest BCUT2D eigenvalue weighted by atomic mass is 16.6. The number of aromatic nitrogens is 3. The number of carboxylic acid groups (broad SMARTS) is 1. The first-order valence-corrected chi connectivity index (χ1v) is 12.9. The number of amides is 2. The number of likely N-dealkylation sites (N-methyl/N-ethyl adjacent to an activating group) is 1. The number of likely N-dealkylation sites (tertiary alicyclic amines) is 2. The second kappa shape index (κ2) is 10.5. The van der Waals surface area contributed by atoms with Gasteiger partial charge < -0.3 is 24.5 Å². The molecule has 12 nitrogen and oxygen atoms in total. The molecule has 12 heteroatoms. The Morgan fingerprint density at radius 2 is 1.89 bits per heavy atom. The highest BCUT2D eigenvalue weighted by Gasteiger charge is 2.36. The van der Waals surface area contributed by atoms with Crippen molar-refractivity contribution in [2.45, 2.75) is 64.5 Å². The van der Waals surface area contributed by atoms with Gasteiger partial charge in [0.2, 0.25) is 5.91 Å². The molecular weight excluding hydrogens is 490 g/mol. The van der Waals surface area contributed by atoms with Crippen LogP contribution in [0.5, 0.6) is 0 Å². The van der Waals surface area contributed by atoms with E-state index in [1.807, 2.05) is 38.8 Å². The van der Waals surface area contributed by atoms with Crippen LogP contribution in [-0.2, 0) is 9.53 Å². The number of fused-ring (bicyclic) bond motifs is 1. The number of ether oxygens (including phenoxy) is 1. The van der Waals surface area contributed by atoms with E-state index in [0.717, 1.165) is 11.0 Å². The second-order valence-corrected chi connectivity index (χ2v) is 11.1. The van der Waals surface area contributed by atoms with E-state index < -0.39 is 17.8 Å². The summed E-state index contributed by atoms with van der Waals surface area (Å²) in [5.74, 6) is 0.889. The molecular formula is C26H35N7O5. The third-order valence-corrected chi connectivity index (χ3v) is 7.29. The number of anilines is 1. The van der Waals surface area contributed by atoms with Crippen molar-refractivity contribution < 1.29 is 24.2 Å². The molecule has 4 rings (SSSR count). The van der Waals surface area contributed by atoms with Crippen LogP contribution in [0.1, 0.15) is 58.7 Å². The minimum Gasteiger partial charge on any atom is -0.464 e. The van der Waals surface area contributed by atoms with Crippen molar-refractivity contribution in [1.82, 2.24) is 24.3 Å². The Morgan fingerprint density at radius 1 is 1.18 bits per heavy atom. The maximum absolute atomic E-state index is 12.6. The number of nitrogens with zero attached hydrogens (tertiary/aromatic N) is 7. The number of nitriles is 1. The predicted molar refractivity (Wildman–Crippen MR) is 139 cm³/mol. The normalized spacial score (nSPS) is 21.8. The van der Waals surface area contributed by atoms with E-state index in [4.69, 9.17) is 15.0 Å². The molecule has 0 saturated carbocycles. The molecule has 2 aliphatic rings. The summed E-state index contributed by atoms with van der Waals surface area (Å²) in [4.78, 5) is 51.9. The molecule has 2 saturated heterocycles. The lowest BCUT2D eigenvalue weighted by Gasteiger charge is -2.42. The standard InChI is InChI=1S/C26H35N7O5/c1-16-7-11-31(20(34)6-10-27)15-19(16)30(5)22-18-9-13-33(24(35)36)23(18)29-21(28-22)17-8-12-32(14-17)25(37)38-26(2,3)4/h9,13,16-17,19H,6-8,11-12,14-15H2,1-5H3,(H,35,36)/t16-,17?,19+/m1/s1. The van der Waals surface area contributed by atoms with Crippen LogP contribution in [-0.4, -0.2) is 92.4 Å². The van der Waals surface area contributed by atoms with Crippen molar-refractivity contribution in [1.29, 1.82) is 5.26 Å². The van der Waals surface area contributed by atoms with Crippen LogP contribution >= 0.6 is 0 Å². The van der Waals surface area contributed by atoms with E-state index >= 15 is 0 Å². The van der Waals surface area contributed by atoms with E-state index in [2.05, 4.69) is 11.9 Å². The molecule has 2 aromatic heterocycles. The van der Waals surface area contributed by atoms with Crippen LogP contribution in [0, 0.1) is 17.2 Å². The third kappa shape index (κ3) is 5.51. The average Bonchev–Trinajstić information content (AvgIpc) is 3.50. The minimum absolute atomic E-state index is 0.0904. The summed E-state index contributed by atoms with van der Waals surface area (Å²) in [6.07, 6.45) is 1.14. The van der Waals surface area contributed by atoms with Crippen molar-refractivity contribution in [2.75, 3.05) is 38.1 Å². The van der Waals surface area contributed by atoms with Crippen LogP contribution in [0.25, 0.3) is 11.0 Å². The molecule has 0 aliphatic carbocycles. The number of piperidine rings is 1. The van der Waals surface area contributed by atoms with Gasteiger partial charge >= 0.3 is 12.2 Å². The SMILES string of the molecule is C[C@@H]1CCN(C(=O)CC#N)C[C@@H]1N(C)c1nc(C2CCN(C(=O)OC(C)(C)C)C2)nc2c1ccn2C(=O)O. The van der Waals surface area contributed by atoms with Crippen molar-refractivity contribution >= 4 is 34.9 Å². The lowest BCUT2D eigenvalue weighted by molar-refractivity contribution is -0.131. The zero-order valence-corrected chi connectivity index (χ0v) is 22.5. The third-order valence-electron chi connectivity index (χ3n) is 7.29. The fourth-order valence-electron chi connectivity index (χ4n) is 5.20.